The van der Waals surface area contributed by atoms with Crippen molar-refractivity contribution < 1.29 is 5.11 Å². The number of hydrogen-bond donors (Lipinski definition) is 2. The van der Waals surface area contributed by atoms with Gasteiger partial charge in [-0.15, -0.1) is 0 Å². The molecule has 0 aliphatic rings. The van der Waals surface area contributed by atoms with Crippen molar-refractivity contribution in [3.05, 3.63) is 30.2 Å². The molecule has 2 rings (SSSR count). The SMILES string of the molecule is N[C@@H](CO)c1cnc2ccnn2c1. The van der Waals surface area contributed by atoms with E-state index in [0.717, 1.165) is 11.2 Å². The molecular weight excluding hydrogens is 168 g/mol. The van der Waals surface area contributed by atoms with Crippen molar-refractivity contribution in [1.29, 1.82) is 0 Å². The molecular formula is C8H10N4O. The van der Waals surface area contributed by atoms with Crippen molar-refractivity contribution in [2.24, 2.45) is 5.73 Å². The molecule has 5 nitrogen and oxygen atoms in total. The lowest BCUT2D eigenvalue weighted by atomic mass is 10.2. The Bertz CT molecular complexity index is 411. The first-order chi connectivity index (χ1) is 6.31. The normalized spacial score (nSPS) is 13.4. The number of aliphatic hydroxyl groups excluding tert-OH is 1. The summed E-state index contributed by atoms with van der Waals surface area (Å²) < 4.78 is 1.63. The molecule has 2 heterocycles. The molecule has 0 aliphatic heterocycles. The predicted octanol–water partition coefficient (Wildman–Crippen LogP) is -0.279. The van der Waals surface area contributed by atoms with Gasteiger partial charge in [0.2, 0.25) is 0 Å². The minimum Gasteiger partial charge on any atom is -0.394 e. The second-order valence-electron chi connectivity index (χ2n) is 2.81. The zero-order valence-corrected chi connectivity index (χ0v) is 6.96. The van der Waals surface area contributed by atoms with Gasteiger partial charge in [-0.1, -0.05) is 0 Å². The maximum atomic E-state index is 8.83. The van der Waals surface area contributed by atoms with E-state index >= 15 is 0 Å². The molecule has 5 heteroatoms. The van der Waals surface area contributed by atoms with Gasteiger partial charge in [0.25, 0.3) is 0 Å². The molecule has 0 aliphatic carbocycles. The lowest BCUT2D eigenvalue weighted by Crippen LogP contribution is -2.15. The third kappa shape index (κ3) is 1.39. The van der Waals surface area contributed by atoms with Crippen LogP contribution in [0.15, 0.2) is 24.7 Å². The minimum atomic E-state index is -0.388. The topological polar surface area (TPSA) is 76.4 Å². The molecule has 0 spiro atoms. The van der Waals surface area contributed by atoms with E-state index < -0.39 is 0 Å². The van der Waals surface area contributed by atoms with Gasteiger partial charge in [-0.05, 0) is 0 Å². The monoisotopic (exact) mass is 178 g/mol. The molecule has 0 aromatic carbocycles. The number of hydrogen-bond acceptors (Lipinski definition) is 4. The van der Waals surface area contributed by atoms with Crippen LogP contribution in [0.5, 0.6) is 0 Å². The Morgan fingerprint density at radius 3 is 3.23 bits per heavy atom. The van der Waals surface area contributed by atoms with Gasteiger partial charge in [-0.25, -0.2) is 9.50 Å². The molecule has 0 saturated carbocycles. The van der Waals surface area contributed by atoms with E-state index in [1.54, 1.807) is 29.2 Å². The molecule has 68 valence electrons. The molecule has 0 saturated heterocycles. The maximum Gasteiger partial charge on any atom is 0.154 e. The fourth-order valence-electron chi connectivity index (χ4n) is 1.12. The molecule has 3 N–H and O–H groups in total. The minimum absolute atomic E-state index is 0.0888. The number of fused-ring (bicyclic) bond motifs is 1. The first-order valence-electron chi connectivity index (χ1n) is 3.97. The van der Waals surface area contributed by atoms with Crippen LogP contribution in [0.4, 0.5) is 0 Å². The largest absolute Gasteiger partial charge is 0.394 e. The molecule has 0 radical (unpaired) electrons. The lowest BCUT2D eigenvalue weighted by molar-refractivity contribution is 0.267. The Hall–Kier alpha value is -1.46. The highest BCUT2D eigenvalue weighted by Gasteiger charge is 2.05. The van der Waals surface area contributed by atoms with Crippen LogP contribution in [0.1, 0.15) is 11.6 Å². The second-order valence-corrected chi connectivity index (χ2v) is 2.81. The first kappa shape index (κ1) is 8.15. The van der Waals surface area contributed by atoms with Gasteiger partial charge < -0.3 is 10.8 Å². The van der Waals surface area contributed by atoms with Crippen LogP contribution in [-0.2, 0) is 0 Å². The molecule has 0 amide bonds. The second kappa shape index (κ2) is 3.12. The van der Waals surface area contributed by atoms with Crippen molar-refractivity contribution in [3.63, 3.8) is 0 Å². The van der Waals surface area contributed by atoms with Gasteiger partial charge in [0.1, 0.15) is 0 Å². The molecule has 0 unspecified atom stereocenters. The predicted molar refractivity (Wildman–Crippen MR) is 47.0 cm³/mol. The van der Waals surface area contributed by atoms with E-state index in [1.807, 2.05) is 0 Å². The standard InChI is InChI=1S/C8H10N4O/c9-7(5-13)6-3-10-8-1-2-11-12(8)4-6/h1-4,7,13H,5,9H2/t7-/m0/s1. The van der Waals surface area contributed by atoms with Gasteiger partial charge in [-0.3, -0.25) is 0 Å². The first-order valence-corrected chi connectivity index (χ1v) is 3.97. The van der Waals surface area contributed by atoms with E-state index in [2.05, 4.69) is 10.1 Å². The molecule has 13 heavy (non-hydrogen) atoms. The van der Waals surface area contributed by atoms with E-state index in [-0.39, 0.29) is 12.6 Å². The van der Waals surface area contributed by atoms with Crippen molar-refractivity contribution in [2.45, 2.75) is 6.04 Å². The number of nitrogens with two attached hydrogens (primary N) is 1. The van der Waals surface area contributed by atoms with Crippen LogP contribution >= 0.6 is 0 Å². The van der Waals surface area contributed by atoms with Crippen LogP contribution in [-0.4, -0.2) is 26.3 Å². The Morgan fingerprint density at radius 2 is 2.46 bits per heavy atom. The van der Waals surface area contributed by atoms with Gasteiger partial charge in [0, 0.05) is 24.0 Å². The molecule has 1 atom stereocenters. The average molecular weight is 178 g/mol. The quantitative estimate of drug-likeness (QED) is 0.663. The summed E-state index contributed by atoms with van der Waals surface area (Å²) >= 11 is 0. The van der Waals surface area contributed by atoms with E-state index in [9.17, 15) is 0 Å². The average Bonchev–Trinajstić information content (AvgIpc) is 2.63. The fourth-order valence-corrected chi connectivity index (χ4v) is 1.12. The summed E-state index contributed by atoms with van der Waals surface area (Å²) in [7, 11) is 0. The van der Waals surface area contributed by atoms with Crippen LogP contribution in [0.2, 0.25) is 0 Å². The molecule has 0 bridgehead atoms. The number of rotatable bonds is 2. The molecule has 2 aromatic rings. The van der Waals surface area contributed by atoms with Crippen LogP contribution < -0.4 is 5.73 Å². The number of aliphatic hydroxyl groups is 1. The lowest BCUT2D eigenvalue weighted by Gasteiger charge is -2.07. The van der Waals surface area contributed by atoms with Crippen molar-refractivity contribution in [1.82, 2.24) is 14.6 Å². The van der Waals surface area contributed by atoms with Crippen molar-refractivity contribution >= 4 is 5.65 Å². The Morgan fingerprint density at radius 1 is 1.62 bits per heavy atom. The van der Waals surface area contributed by atoms with Crippen molar-refractivity contribution in [3.8, 4) is 0 Å². The smallest absolute Gasteiger partial charge is 0.154 e. The molecule has 2 aromatic heterocycles. The van der Waals surface area contributed by atoms with E-state index in [4.69, 9.17) is 10.8 Å². The van der Waals surface area contributed by atoms with Gasteiger partial charge in [0.05, 0.1) is 18.8 Å². The summed E-state index contributed by atoms with van der Waals surface area (Å²) in [5.41, 5.74) is 7.17. The summed E-state index contributed by atoms with van der Waals surface area (Å²) in [6.07, 6.45) is 5.08. The summed E-state index contributed by atoms with van der Waals surface area (Å²) in [5, 5.41) is 12.8. The van der Waals surface area contributed by atoms with Crippen molar-refractivity contribution in [2.75, 3.05) is 6.61 Å². The summed E-state index contributed by atoms with van der Waals surface area (Å²) in [6.45, 7) is -0.0888. The van der Waals surface area contributed by atoms with Gasteiger partial charge >= 0.3 is 0 Å². The number of aromatic nitrogens is 3. The maximum absolute atomic E-state index is 8.83. The van der Waals surface area contributed by atoms with Crippen LogP contribution in [0.25, 0.3) is 5.65 Å². The van der Waals surface area contributed by atoms with Crippen LogP contribution in [0, 0.1) is 0 Å². The zero-order chi connectivity index (χ0) is 9.26. The summed E-state index contributed by atoms with van der Waals surface area (Å²) in [5.74, 6) is 0. The Kier molecular flexibility index (Phi) is 1.96. The zero-order valence-electron chi connectivity index (χ0n) is 6.96. The van der Waals surface area contributed by atoms with E-state index in [0.29, 0.717) is 0 Å². The summed E-state index contributed by atoms with van der Waals surface area (Å²) in [6, 6.07) is 1.41. The van der Waals surface area contributed by atoms with E-state index in [1.165, 1.54) is 0 Å². The van der Waals surface area contributed by atoms with Crippen LogP contribution in [0.3, 0.4) is 0 Å². The fraction of sp³-hybridized carbons (Fsp3) is 0.250. The Balaban J connectivity index is 2.48. The highest BCUT2D eigenvalue weighted by molar-refractivity contribution is 5.36. The summed E-state index contributed by atoms with van der Waals surface area (Å²) in [4.78, 5) is 4.12. The third-order valence-electron chi connectivity index (χ3n) is 1.89. The third-order valence-corrected chi connectivity index (χ3v) is 1.89. The van der Waals surface area contributed by atoms with Gasteiger partial charge in [-0.2, -0.15) is 5.10 Å². The van der Waals surface area contributed by atoms with Gasteiger partial charge in [0.15, 0.2) is 5.65 Å². The highest BCUT2D eigenvalue weighted by Crippen LogP contribution is 2.08. The molecule has 0 fully saturated rings. The highest BCUT2D eigenvalue weighted by atomic mass is 16.3. The number of nitrogens with zero attached hydrogens (tertiary/aromatic N) is 3. The Labute approximate surface area is 74.8 Å².